The van der Waals surface area contributed by atoms with Gasteiger partial charge in [0.05, 0.1) is 87.4 Å². The molecule has 3 aliphatic rings. The molecule has 0 aliphatic carbocycles. The van der Waals surface area contributed by atoms with Crippen LogP contribution >= 0.6 is 7.82 Å². The third kappa shape index (κ3) is 21.4. The molecule has 0 spiro atoms. The highest BCUT2D eigenvalue weighted by molar-refractivity contribution is 7.46. The molecule has 3 saturated heterocycles. The SMILES string of the molecule is COC(=O)N[C@H](C(=O)N[C@@H](Cc1ccc(C#Cc2cnc(N3CC4CCC(C3)N4C3COC3)nc2)cc1)[C@H](CN(Cc1c(F)cc(-c2ccn(C(F)F)n2)cc1F)NC(=O)[C@@H](NC(=O)OC)C(C)(C)C(F)(F)F)OC(=O)CC(C)(C)c1c(CC(=O)N(C)CCC(=O)O)cc(C)cc1OP(=O)(O)O)C(C)(C)C(F)(F)F. The van der Waals surface area contributed by atoms with Gasteiger partial charge < -0.3 is 54.3 Å². The van der Waals surface area contributed by atoms with Gasteiger partial charge in [0.2, 0.25) is 17.8 Å². The van der Waals surface area contributed by atoms with E-state index >= 15 is 44.7 Å². The summed E-state index contributed by atoms with van der Waals surface area (Å²) in [4.78, 5) is 132. The number of hydrogen-bond donors (Lipinski definition) is 7. The zero-order chi connectivity index (χ0) is 80.6. The van der Waals surface area contributed by atoms with Crippen molar-refractivity contribution in [2.24, 2.45) is 10.8 Å². The molecule has 3 aromatic carbocycles. The lowest BCUT2D eigenvalue weighted by molar-refractivity contribution is -0.221. The number of carbonyl (C=O) groups is 7. The van der Waals surface area contributed by atoms with Crippen molar-refractivity contribution >= 4 is 55.6 Å². The Bertz CT molecular complexity index is 4230. The van der Waals surface area contributed by atoms with Crippen LogP contribution in [0.4, 0.5) is 59.4 Å². The molecule has 3 fully saturated rings. The second kappa shape index (κ2) is 34.5. The van der Waals surface area contributed by atoms with E-state index < -0.39 is 182 Å². The number of ether oxygens (including phenoxy) is 4. The summed E-state index contributed by atoms with van der Waals surface area (Å²) in [5.74, 6) is -4.40. The van der Waals surface area contributed by atoms with Crippen LogP contribution < -0.4 is 30.8 Å². The summed E-state index contributed by atoms with van der Waals surface area (Å²) >= 11 is 0. The van der Waals surface area contributed by atoms with Crippen LogP contribution in [0.1, 0.15) is 113 Å². The van der Waals surface area contributed by atoms with E-state index in [4.69, 9.17) is 14.0 Å². The average molecular weight is 1570 g/mol. The number of amides is 5. The Kier molecular flexibility index (Phi) is 26.9. The number of nitrogens with one attached hydrogen (secondary N) is 4. The van der Waals surface area contributed by atoms with Crippen molar-refractivity contribution < 1.29 is 120 Å². The Morgan fingerprint density at radius 1 is 0.771 bits per heavy atom. The molecule has 39 heteroatoms. The van der Waals surface area contributed by atoms with Gasteiger partial charge in [-0.25, -0.2) is 42.6 Å². The van der Waals surface area contributed by atoms with Gasteiger partial charge in [0.1, 0.15) is 35.6 Å². The van der Waals surface area contributed by atoms with E-state index in [0.717, 1.165) is 50.3 Å². The number of piperazine rings is 1. The maximum atomic E-state index is 16.9. The zero-order valence-corrected chi connectivity index (χ0v) is 61.6. The topological polar surface area (TPSA) is 348 Å². The number of aliphatic carboxylic acids is 1. The number of carboxylic acids is 1. The number of methoxy groups -OCH3 is 2. The quantitative estimate of drug-likeness (QED) is 0.00568. The summed E-state index contributed by atoms with van der Waals surface area (Å²) in [6.07, 6.45) is -13.4. The van der Waals surface area contributed by atoms with Gasteiger partial charge in [0, 0.05) is 91.6 Å². The number of carbonyl (C=O) groups excluding carboxylic acids is 6. The van der Waals surface area contributed by atoms with Gasteiger partial charge >= 0.3 is 50.8 Å². The van der Waals surface area contributed by atoms with E-state index in [1.807, 2.05) is 5.32 Å². The Morgan fingerprint density at radius 2 is 1.33 bits per heavy atom. The number of alkyl halides is 8. The molecule has 594 valence electrons. The molecule has 8 rings (SSSR count). The van der Waals surface area contributed by atoms with Gasteiger partial charge in [0.25, 0.3) is 5.91 Å². The van der Waals surface area contributed by atoms with Crippen LogP contribution in [0.3, 0.4) is 0 Å². The molecule has 7 N–H and O–H groups in total. The standard InChI is InChI=1S/C70H83F10N12O16P/c1-38-23-43(28-54(93)88(8)21-20-55(94)95)57(52(24-38)108-109(101,102)103)66(2,3)29-56(96)107-53(35-90(87-61(98)59(85-65(100)105-10)68(6,7)70(78,79)80)34-47-48(71)26-42(27-49(47)72)50-19-22-91(86-50)62(73)74)51(83-60(97)58(84-64(99)104-9)67(4,5)69(75,76)77)25-40-14-11-39(12-15-40)13-16-41-30-81-63(82-31-41)89-32-44-17-18-45(33-89)92(44)46-36-106-37-46/h11-12,14-15,19,22-24,26-27,30-31,44-46,51,53,58-59,62H,17-18,20-21,25,28-29,32-37H2,1-10H3,(H,83,97)(H,84,99)(H,85,100)(H,87,98)(H,94,95)(H2,101,102,103)/t44?,45?,51-,53-,58+,59+/m0/s1. The fraction of sp³-hybridized carbons (Fsp3) is 0.514. The minimum absolute atomic E-state index is 0.0688. The minimum Gasteiger partial charge on any atom is -0.481 e. The van der Waals surface area contributed by atoms with E-state index in [1.54, 1.807) is 5.32 Å². The van der Waals surface area contributed by atoms with Crippen LogP contribution in [-0.2, 0) is 72.3 Å². The number of aryl methyl sites for hydroxylation is 1. The first kappa shape index (κ1) is 84.9. The Hall–Kier alpha value is -9.67. The van der Waals surface area contributed by atoms with E-state index in [1.165, 1.54) is 70.5 Å². The van der Waals surface area contributed by atoms with E-state index in [-0.39, 0.29) is 33.5 Å². The number of fused-ring (bicyclic) bond motifs is 2. The summed E-state index contributed by atoms with van der Waals surface area (Å²) in [6, 6.07) is 3.73. The molecule has 2 aromatic heterocycles. The molecule has 5 heterocycles. The van der Waals surface area contributed by atoms with Crippen LogP contribution in [0.15, 0.2) is 73.2 Å². The number of nitrogens with zero attached hydrogens (tertiary/aromatic N) is 8. The Labute approximate surface area is 619 Å². The van der Waals surface area contributed by atoms with Gasteiger partial charge in [-0.3, -0.25) is 44.1 Å². The number of aromatic nitrogens is 4. The van der Waals surface area contributed by atoms with Crippen molar-refractivity contribution in [2.75, 3.05) is 65.6 Å². The second-order valence-electron chi connectivity index (χ2n) is 28.4. The van der Waals surface area contributed by atoms with Gasteiger partial charge in [-0.2, -0.15) is 40.2 Å². The monoisotopic (exact) mass is 1570 g/mol. The highest BCUT2D eigenvalue weighted by Gasteiger charge is 2.58. The summed E-state index contributed by atoms with van der Waals surface area (Å²) < 4.78 is 191. The predicted octanol–water partition coefficient (Wildman–Crippen LogP) is 8.19. The summed E-state index contributed by atoms with van der Waals surface area (Å²) in [5.41, 5.74) is -7.72. The average Bonchev–Trinajstić information content (AvgIpc) is 1.54. The number of phosphoric acid groups is 1. The summed E-state index contributed by atoms with van der Waals surface area (Å²) in [6.45, 7) is 2.47. The van der Waals surface area contributed by atoms with Gasteiger partial charge in [-0.15, -0.1) is 0 Å². The number of phosphoric ester groups is 1. The van der Waals surface area contributed by atoms with Crippen molar-refractivity contribution in [1.29, 1.82) is 0 Å². The van der Waals surface area contributed by atoms with Crippen LogP contribution in [0.25, 0.3) is 11.3 Å². The maximum Gasteiger partial charge on any atom is 0.524 e. The number of benzene rings is 3. The normalized spacial score (nSPS) is 16.9. The van der Waals surface area contributed by atoms with E-state index in [2.05, 4.69) is 56.9 Å². The molecule has 0 radical (unpaired) electrons. The van der Waals surface area contributed by atoms with Crippen LogP contribution in [0.5, 0.6) is 5.75 Å². The van der Waals surface area contributed by atoms with Gasteiger partial charge in [-0.05, 0) is 107 Å². The van der Waals surface area contributed by atoms with Crippen molar-refractivity contribution in [1.82, 2.24) is 55.9 Å². The number of likely N-dealkylation sites (N-methyl/N-ethyl adjacent to an activating group) is 1. The van der Waals surface area contributed by atoms with Crippen LogP contribution in [0.2, 0.25) is 0 Å². The number of carboxylic acid groups (broad SMARTS) is 1. The molecule has 3 aliphatic heterocycles. The second-order valence-corrected chi connectivity index (χ2v) is 29.5. The zero-order valence-electron chi connectivity index (χ0n) is 60.7. The number of hydrazine groups is 1. The van der Waals surface area contributed by atoms with E-state index in [0.29, 0.717) is 106 Å². The summed E-state index contributed by atoms with van der Waals surface area (Å²) in [5, 5.41) is 19.4. The van der Waals surface area contributed by atoms with Gasteiger partial charge in [-0.1, -0.05) is 43.9 Å². The Morgan fingerprint density at radius 3 is 1.83 bits per heavy atom. The van der Waals surface area contributed by atoms with Gasteiger partial charge in [0.15, 0.2) is 0 Å². The highest BCUT2D eigenvalue weighted by atomic mass is 31.2. The van der Waals surface area contributed by atoms with Crippen LogP contribution in [-0.4, -0.2) is 207 Å². The molecule has 0 saturated carbocycles. The molecule has 2 bridgehead atoms. The number of alkyl carbamates (subject to hydrolysis) is 2. The first-order chi connectivity index (χ1) is 50.8. The third-order valence-corrected chi connectivity index (χ3v) is 19.6. The minimum atomic E-state index is -5.57. The number of anilines is 1. The maximum absolute atomic E-state index is 16.9. The van der Waals surface area contributed by atoms with E-state index in [9.17, 15) is 52.2 Å². The predicted molar refractivity (Wildman–Crippen MR) is 366 cm³/mol. The smallest absolute Gasteiger partial charge is 0.481 e. The highest BCUT2D eigenvalue weighted by Crippen LogP contribution is 2.47. The third-order valence-electron chi connectivity index (χ3n) is 19.1. The number of hydrogen-bond acceptors (Lipinski definition) is 19. The molecular weight excluding hydrogens is 1490 g/mol. The fourth-order valence-electron chi connectivity index (χ4n) is 12.9. The number of rotatable bonds is 30. The Balaban J connectivity index is 1.27. The van der Waals surface area contributed by atoms with Crippen molar-refractivity contribution in [3.8, 4) is 28.8 Å². The van der Waals surface area contributed by atoms with Crippen molar-refractivity contribution in [3.63, 3.8) is 0 Å². The lowest BCUT2D eigenvalue weighted by Gasteiger charge is -2.47. The largest absolute Gasteiger partial charge is 0.524 e. The van der Waals surface area contributed by atoms with Crippen molar-refractivity contribution in [3.05, 3.63) is 124 Å². The lowest BCUT2D eigenvalue weighted by Crippen LogP contribution is -2.64. The lowest BCUT2D eigenvalue weighted by atomic mass is 9.77. The molecule has 28 nitrogen and oxygen atoms in total. The van der Waals surface area contributed by atoms with Crippen molar-refractivity contribution in [2.45, 2.75) is 160 Å². The summed E-state index contributed by atoms with van der Waals surface area (Å²) in [7, 11) is -2.84. The molecule has 2 unspecified atom stereocenters. The molecule has 5 aromatic rings. The molecule has 109 heavy (non-hydrogen) atoms. The molecule has 5 amide bonds. The fourth-order valence-corrected chi connectivity index (χ4v) is 13.3. The molecular formula is C70H83F10N12O16P. The van der Waals surface area contributed by atoms with Crippen LogP contribution in [0, 0.1) is 41.2 Å². The number of esters is 1. The number of halogens is 10. The molecule has 6 atom stereocenters. The first-order valence-electron chi connectivity index (χ1n) is 33.9. The first-order valence-corrected chi connectivity index (χ1v) is 35.4.